The van der Waals surface area contributed by atoms with E-state index in [1.807, 2.05) is 30.3 Å². The Kier molecular flexibility index (Phi) is 5.35. The summed E-state index contributed by atoms with van der Waals surface area (Å²) in [6, 6.07) is 14.3. The lowest BCUT2D eigenvalue weighted by Crippen LogP contribution is -2.08. The van der Waals surface area contributed by atoms with Gasteiger partial charge in [-0.25, -0.2) is 9.78 Å². The quantitative estimate of drug-likeness (QED) is 0.481. The Morgan fingerprint density at radius 3 is 2.52 bits per heavy atom. The lowest BCUT2D eigenvalue weighted by Gasteiger charge is -2.10. The van der Waals surface area contributed by atoms with Gasteiger partial charge in [0.25, 0.3) is 0 Å². The fourth-order valence-electron chi connectivity index (χ4n) is 2.61. The number of nitrogens with zero attached hydrogens (tertiary/aromatic N) is 1. The first kappa shape index (κ1) is 18.4. The predicted octanol–water partition coefficient (Wildman–Crippen LogP) is 4.22. The van der Waals surface area contributed by atoms with Crippen LogP contribution in [0.3, 0.4) is 0 Å². The van der Waals surface area contributed by atoms with Crippen molar-refractivity contribution in [3.63, 3.8) is 0 Å². The average molecular weight is 365 g/mol. The molecule has 1 aromatic heterocycles. The van der Waals surface area contributed by atoms with Crippen molar-refractivity contribution in [1.29, 1.82) is 0 Å². The molecule has 0 atom stereocenters. The zero-order chi connectivity index (χ0) is 19.4. The number of hydrogen-bond acceptors (Lipinski definition) is 6. The fourth-order valence-corrected chi connectivity index (χ4v) is 2.61. The first-order valence-electron chi connectivity index (χ1n) is 8.37. The van der Waals surface area contributed by atoms with Crippen LogP contribution in [0.1, 0.15) is 39.1 Å². The van der Waals surface area contributed by atoms with E-state index in [-0.39, 0.29) is 18.1 Å². The van der Waals surface area contributed by atoms with Gasteiger partial charge in [-0.1, -0.05) is 18.2 Å². The van der Waals surface area contributed by atoms with Crippen LogP contribution >= 0.6 is 0 Å². The number of ketones is 1. The normalized spacial score (nSPS) is 10.5. The van der Waals surface area contributed by atoms with Crippen LogP contribution in [0.15, 0.2) is 52.9 Å². The maximum Gasteiger partial charge on any atom is 0.360 e. The van der Waals surface area contributed by atoms with Crippen molar-refractivity contribution >= 4 is 11.8 Å². The highest BCUT2D eigenvalue weighted by Gasteiger charge is 2.20. The van der Waals surface area contributed by atoms with Crippen LogP contribution in [0.25, 0.3) is 11.5 Å². The second-order valence-corrected chi connectivity index (χ2v) is 5.95. The molecular formula is C21H19NO5. The number of carbonyl (C=O) groups excluding carboxylic acids is 2. The Morgan fingerprint density at radius 1 is 1.11 bits per heavy atom. The number of oxazole rings is 1. The zero-order valence-electron chi connectivity index (χ0n) is 15.3. The topological polar surface area (TPSA) is 78.6 Å². The summed E-state index contributed by atoms with van der Waals surface area (Å²) < 4.78 is 16.2. The van der Waals surface area contributed by atoms with Crippen LogP contribution < -0.4 is 4.74 Å². The Bertz CT molecular complexity index is 975. The minimum atomic E-state index is -0.603. The Hall–Kier alpha value is -3.41. The van der Waals surface area contributed by atoms with Gasteiger partial charge in [0.15, 0.2) is 11.5 Å². The van der Waals surface area contributed by atoms with Crippen molar-refractivity contribution in [1.82, 2.24) is 4.98 Å². The second kappa shape index (κ2) is 7.86. The fraction of sp³-hybridized carbons (Fsp3) is 0.190. The maximum atomic E-state index is 12.4. The Balaban J connectivity index is 1.78. The van der Waals surface area contributed by atoms with Gasteiger partial charge in [0.05, 0.1) is 7.11 Å². The van der Waals surface area contributed by atoms with Crippen molar-refractivity contribution in [3.05, 3.63) is 71.1 Å². The van der Waals surface area contributed by atoms with Crippen molar-refractivity contribution in [2.45, 2.75) is 20.5 Å². The van der Waals surface area contributed by atoms with Crippen LogP contribution in [0.2, 0.25) is 0 Å². The molecule has 1 heterocycles. The maximum absolute atomic E-state index is 12.4. The Morgan fingerprint density at radius 2 is 1.85 bits per heavy atom. The molecule has 0 spiro atoms. The van der Waals surface area contributed by atoms with Crippen molar-refractivity contribution in [2.75, 3.05) is 7.11 Å². The minimum Gasteiger partial charge on any atom is -0.496 e. The number of esters is 1. The first-order valence-corrected chi connectivity index (χ1v) is 8.37. The third-order valence-corrected chi connectivity index (χ3v) is 4.06. The van der Waals surface area contributed by atoms with E-state index in [1.165, 1.54) is 14.0 Å². The van der Waals surface area contributed by atoms with Gasteiger partial charge in [0, 0.05) is 16.7 Å². The summed E-state index contributed by atoms with van der Waals surface area (Å²) in [5, 5.41) is 0. The Labute approximate surface area is 156 Å². The van der Waals surface area contributed by atoms with E-state index in [0.29, 0.717) is 28.5 Å². The highest BCUT2D eigenvalue weighted by atomic mass is 16.5. The lowest BCUT2D eigenvalue weighted by molar-refractivity contribution is 0.0462. The van der Waals surface area contributed by atoms with Crippen molar-refractivity contribution in [2.24, 2.45) is 0 Å². The molecule has 3 aromatic rings. The van der Waals surface area contributed by atoms with Gasteiger partial charge < -0.3 is 13.9 Å². The molecule has 3 rings (SSSR count). The van der Waals surface area contributed by atoms with Crippen molar-refractivity contribution < 1.29 is 23.5 Å². The number of Topliss-reactive ketones (excluding diaryl/α,β-unsaturated/α-hetero) is 1. The van der Waals surface area contributed by atoms with Gasteiger partial charge in [0.2, 0.25) is 5.89 Å². The summed E-state index contributed by atoms with van der Waals surface area (Å²) >= 11 is 0. The summed E-state index contributed by atoms with van der Waals surface area (Å²) in [7, 11) is 1.52. The summed E-state index contributed by atoms with van der Waals surface area (Å²) in [4.78, 5) is 28.3. The standard InChI is InChI=1S/C21H19NO5/c1-13(23)16-9-10-18(25-3)17(11-16)12-26-21(24)19-14(2)27-20(22-19)15-7-5-4-6-8-15/h4-11H,12H2,1-3H3. The number of hydrogen-bond donors (Lipinski definition) is 0. The largest absolute Gasteiger partial charge is 0.496 e. The number of ether oxygens (including phenoxy) is 2. The van der Waals surface area contributed by atoms with Gasteiger partial charge in [-0.15, -0.1) is 0 Å². The third kappa shape index (κ3) is 4.06. The monoisotopic (exact) mass is 365 g/mol. The second-order valence-electron chi connectivity index (χ2n) is 5.95. The number of benzene rings is 2. The number of methoxy groups -OCH3 is 1. The van der Waals surface area contributed by atoms with Gasteiger partial charge in [0.1, 0.15) is 18.1 Å². The highest BCUT2D eigenvalue weighted by molar-refractivity contribution is 5.94. The van der Waals surface area contributed by atoms with Gasteiger partial charge >= 0.3 is 5.97 Å². The van der Waals surface area contributed by atoms with Crippen LogP contribution in [-0.4, -0.2) is 23.8 Å². The van der Waals surface area contributed by atoms with E-state index in [2.05, 4.69) is 4.98 Å². The van der Waals surface area contributed by atoms with Crippen LogP contribution in [0.5, 0.6) is 5.75 Å². The summed E-state index contributed by atoms with van der Waals surface area (Å²) in [6.45, 7) is 3.09. The minimum absolute atomic E-state index is 0.0455. The van der Waals surface area contributed by atoms with Gasteiger partial charge in [-0.2, -0.15) is 0 Å². The average Bonchev–Trinajstić information content (AvgIpc) is 3.08. The molecule has 0 aliphatic carbocycles. The molecule has 0 aliphatic rings. The van der Waals surface area contributed by atoms with E-state index >= 15 is 0 Å². The highest BCUT2D eigenvalue weighted by Crippen LogP contribution is 2.24. The van der Waals surface area contributed by atoms with Crippen LogP contribution in [-0.2, 0) is 11.3 Å². The predicted molar refractivity (Wildman–Crippen MR) is 98.8 cm³/mol. The molecule has 0 radical (unpaired) electrons. The van der Waals surface area contributed by atoms with E-state index < -0.39 is 5.97 Å². The summed E-state index contributed by atoms with van der Waals surface area (Å²) in [5.41, 5.74) is 2.01. The van der Waals surface area contributed by atoms with E-state index in [9.17, 15) is 9.59 Å². The molecule has 0 saturated heterocycles. The first-order chi connectivity index (χ1) is 13.0. The summed E-state index contributed by atoms with van der Waals surface area (Å²) in [6.07, 6.45) is 0. The smallest absolute Gasteiger partial charge is 0.360 e. The molecule has 0 unspecified atom stereocenters. The summed E-state index contributed by atoms with van der Waals surface area (Å²) in [5.74, 6) is 0.591. The van der Waals surface area contributed by atoms with Crippen LogP contribution in [0.4, 0.5) is 0 Å². The van der Waals surface area contributed by atoms with Crippen molar-refractivity contribution in [3.8, 4) is 17.2 Å². The SMILES string of the molecule is COc1ccc(C(C)=O)cc1COC(=O)c1nc(-c2ccccc2)oc1C. The lowest BCUT2D eigenvalue weighted by atomic mass is 10.1. The number of aromatic nitrogens is 1. The van der Waals surface area contributed by atoms with Gasteiger partial charge in [-0.3, -0.25) is 4.79 Å². The molecule has 0 fully saturated rings. The molecule has 0 amide bonds. The van der Waals surface area contributed by atoms with E-state index in [0.717, 1.165) is 5.56 Å². The molecule has 0 aliphatic heterocycles. The third-order valence-electron chi connectivity index (χ3n) is 4.06. The molecule has 0 bridgehead atoms. The molecule has 6 heteroatoms. The molecule has 0 N–H and O–H groups in total. The molecule has 27 heavy (non-hydrogen) atoms. The van der Waals surface area contributed by atoms with Gasteiger partial charge in [-0.05, 0) is 44.2 Å². The van der Waals surface area contributed by atoms with E-state index in [1.54, 1.807) is 25.1 Å². The molecule has 6 nitrogen and oxygen atoms in total. The molecular weight excluding hydrogens is 346 g/mol. The number of rotatable bonds is 6. The molecule has 0 saturated carbocycles. The zero-order valence-corrected chi connectivity index (χ0v) is 15.3. The molecule has 138 valence electrons. The van der Waals surface area contributed by atoms with E-state index in [4.69, 9.17) is 13.9 Å². The number of carbonyl (C=O) groups is 2. The molecule has 2 aromatic carbocycles. The van der Waals surface area contributed by atoms with Crippen LogP contribution in [0, 0.1) is 6.92 Å². The number of aryl methyl sites for hydroxylation is 1.